The van der Waals surface area contributed by atoms with Gasteiger partial charge in [0, 0.05) is 26.4 Å². The van der Waals surface area contributed by atoms with Crippen molar-refractivity contribution in [2.75, 3.05) is 37.2 Å². The minimum Gasteiger partial charge on any atom is -0.357 e. The molecular weight excluding hydrogens is 361 g/mol. The SMILES string of the molecule is CCOC(OCC)[SiH2]CSSSC[SiH2]C(OCC)OCC. The molecule has 0 amide bonds. The molecule has 21 heavy (non-hydrogen) atoms. The Morgan fingerprint density at radius 2 is 1.00 bits per heavy atom. The van der Waals surface area contributed by atoms with Crippen molar-refractivity contribution in [2.45, 2.75) is 39.5 Å². The lowest BCUT2D eigenvalue weighted by atomic mass is 10.9. The van der Waals surface area contributed by atoms with E-state index in [0.29, 0.717) is 0 Å². The molecule has 0 unspecified atom stereocenters. The van der Waals surface area contributed by atoms with Crippen LogP contribution in [0.15, 0.2) is 0 Å². The van der Waals surface area contributed by atoms with Gasteiger partial charge in [-0.05, 0) is 48.3 Å². The van der Waals surface area contributed by atoms with Gasteiger partial charge >= 0.3 is 0 Å². The van der Waals surface area contributed by atoms with Crippen molar-refractivity contribution < 1.29 is 18.9 Å². The van der Waals surface area contributed by atoms with E-state index in [4.69, 9.17) is 18.9 Å². The van der Waals surface area contributed by atoms with Gasteiger partial charge in [0.15, 0.2) is 0 Å². The summed E-state index contributed by atoms with van der Waals surface area (Å²) in [4.78, 5) is 0. The van der Waals surface area contributed by atoms with Crippen LogP contribution >= 0.6 is 31.4 Å². The van der Waals surface area contributed by atoms with E-state index in [1.165, 1.54) is 10.8 Å². The monoisotopic (exact) mass is 390 g/mol. The van der Waals surface area contributed by atoms with Crippen molar-refractivity contribution in [1.29, 1.82) is 0 Å². The molecule has 0 saturated carbocycles. The van der Waals surface area contributed by atoms with Crippen LogP contribution in [0, 0.1) is 0 Å². The first-order chi connectivity index (χ1) is 10.3. The zero-order valence-electron chi connectivity index (χ0n) is 13.7. The molecule has 0 aromatic heterocycles. The lowest BCUT2D eigenvalue weighted by molar-refractivity contribution is -0.0826. The van der Waals surface area contributed by atoms with Crippen LogP contribution in [0.4, 0.5) is 0 Å². The average molecular weight is 391 g/mol. The predicted molar refractivity (Wildman–Crippen MR) is 104 cm³/mol. The van der Waals surface area contributed by atoms with E-state index in [2.05, 4.69) is 0 Å². The van der Waals surface area contributed by atoms with Crippen molar-refractivity contribution in [3.8, 4) is 0 Å². The smallest absolute Gasteiger partial charge is 0.135 e. The molecule has 9 heteroatoms. The third-order valence-electron chi connectivity index (χ3n) is 2.38. The van der Waals surface area contributed by atoms with Crippen LogP contribution in [-0.4, -0.2) is 68.0 Å². The van der Waals surface area contributed by atoms with Gasteiger partial charge in [0.25, 0.3) is 0 Å². The highest BCUT2D eigenvalue weighted by Crippen LogP contribution is 2.33. The van der Waals surface area contributed by atoms with E-state index >= 15 is 0 Å². The van der Waals surface area contributed by atoms with Gasteiger partial charge in [0.1, 0.15) is 30.9 Å². The van der Waals surface area contributed by atoms with Crippen molar-refractivity contribution in [2.24, 2.45) is 0 Å². The second kappa shape index (κ2) is 17.7. The Labute approximate surface area is 146 Å². The quantitative estimate of drug-likeness (QED) is 0.173. The lowest BCUT2D eigenvalue weighted by Crippen LogP contribution is -2.26. The van der Waals surface area contributed by atoms with Crippen molar-refractivity contribution in [3.63, 3.8) is 0 Å². The third-order valence-corrected chi connectivity index (χ3v) is 13.0. The van der Waals surface area contributed by atoms with E-state index in [0.717, 1.165) is 26.4 Å². The fourth-order valence-corrected chi connectivity index (χ4v) is 13.5. The lowest BCUT2D eigenvalue weighted by Gasteiger charge is -2.16. The molecule has 0 aromatic rings. The molecule has 0 fully saturated rings. The van der Waals surface area contributed by atoms with Crippen molar-refractivity contribution in [1.82, 2.24) is 0 Å². The van der Waals surface area contributed by atoms with E-state index in [1.807, 2.05) is 59.1 Å². The van der Waals surface area contributed by atoms with Gasteiger partial charge in [-0.3, -0.25) is 0 Å². The average Bonchev–Trinajstić information content (AvgIpc) is 2.47. The fourth-order valence-electron chi connectivity index (χ4n) is 1.56. The molecule has 0 N–H and O–H groups in total. The molecule has 4 nitrogen and oxygen atoms in total. The van der Waals surface area contributed by atoms with Crippen LogP contribution in [0.25, 0.3) is 0 Å². The molecule has 0 radical (unpaired) electrons. The molecule has 0 atom stereocenters. The van der Waals surface area contributed by atoms with Gasteiger partial charge < -0.3 is 18.9 Å². The van der Waals surface area contributed by atoms with E-state index in [9.17, 15) is 0 Å². The summed E-state index contributed by atoms with van der Waals surface area (Å²) in [7, 11) is 5.12. The van der Waals surface area contributed by atoms with E-state index < -0.39 is 0 Å². The largest absolute Gasteiger partial charge is 0.357 e. The molecular formula is C12H30O4S3Si2. The maximum atomic E-state index is 5.58. The zero-order chi connectivity index (χ0) is 15.8. The Morgan fingerprint density at radius 3 is 1.29 bits per heavy atom. The zero-order valence-corrected chi connectivity index (χ0v) is 18.9. The van der Waals surface area contributed by atoms with Crippen LogP contribution in [0.2, 0.25) is 0 Å². The second-order valence-electron chi connectivity index (χ2n) is 3.97. The third kappa shape index (κ3) is 14.6. The van der Waals surface area contributed by atoms with Crippen molar-refractivity contribution in [3.05, 3.63) is 0 Å². The first kappa shape index (κ1) is 22.3. The highest BCUT2D eigenvalue weighted by molar-refractivity contribution is 9.09. The van der Waals surface area contributed by atoms with Crippen LogP contribution in [0.1, 0.15) is 27.7 Å². The molecule has 0 spiro atoms. The molecule has 0 saturated heterocycles. The summed E-state index contributed by atoms with van der Waals surface area (Å²) in [6.07, 6.45) is 0. The van der Waals surface area contributed by atoms with Gasteiger partial charge in [0.2, 0.25) is 0 Å². The summed E-state index contributed by atoms with van der Waals surface area (Å²) in [6, 6.07) is 0. The Balaban J connectivity index is 3.48. The van der Waals surface area contributed by atoms with Gasteiger partial charge in [-0.1, -0.05) is 21.6 Å². The molecule has 0 aliphatic rings. The van der Waals surface area contributed by atoms with Crippen LogP contribution < -0.4 is 0 Å². The van der Waals surface area contributed by atoms with Gasteiger partial charge in [0.05, 0.1) is 0 Å². The number of rotatable bonds is 16. The summed E-state index contributed by atoms with van der Waals surface area (Å²) < 4.78 is 22.3. The highest BCUT2D eigenvalue weighted by atomic mass is 33.5. The fraction of sp³-hybridized carbons (Fsp3) is 1.00. The molecule has 0 aliphatic carbocycles. The van der Waals surface area contributed by atoms with E-state index in [-0.39, 0.29) is 30.9 Å². The molecule has 0 aromatic carbocycles. The topological polar surface area (TPSA) is 36.9 Å². The number of hydrogen-bond acceptors (Lipinski definition) is 7. The maximum Gasteiger partial charge on any atom is 0.135 e. The first-order valence-corrected chi connectivity index (χ1v) is 15.1. The Kier molecular flexibility index (Phi) is 18.8. The molecule has 0 heterocycles. The Bertz CT molecular complexity index is 187. The Hall–Kier alpha value is 1.32. The predicted octanol–water partition coefficient (Wildman–Crippen LogP) is 1.98. The van der Waals surface area contributed by atoms with Crippen LogP contribution in [0.5, 0.6) is 0 Å². The van der Waals surface area contributed by atoms with Crippen molar-refractivity contribution >= 4 is 50.5 Å². The van der Waals surface area contributed by atoms with E-state index in [1.54, 1.807) is 0 Å². The summed E-state index contributed by atoms with van der Waals surface area (Å²) in [5.74, 6) is 0.181. The molecule has 128 valence electrons. The molecule has 0 bridgehead atoms. The maximum absolute atomic E-state index is 5.58. The summed E-state index contributed by atoms with van der Waals surface area (Å²) in [6.45, 7) is 11.1. The summed E-state index contributed by atoms with van der Waals surface area (Å²) >= 11 is 0. The van der Waals surface area contributed by atoms with Crippen LogP contribution in [-0.2, 0) is 18.9 Å². The summed E-state index contributed by atoms with van der Waals surface area (Å²) in [5, 5.41) is 2.37. The normalized spacial score (nSPS) is 12.9. The molecule has 0 rings (SSSR count). The minimum atomic E-state index is -0.317. The number of ether oxygens (including phenoxy) is 4. The highest BCUT2D eigenvalue weighted by Gasteiger charge is 2.10. The Morgan fingerprint density at radius 1 is 0.667 bits per heavy atom. The second-order valence-corrected chi connectivity index (χ2v) is 13.4. The molecule has 0 aliphatic heterocycles. The van der Waals surface area contributed by atoms with Crippen LogP contribution in [0.3, 0.4) is 0 Å². The van der Waals surface area contributed by atoms with Gasteiger partial charge in [-0.25, -0.2) is 0 Å². The standard InChI is InChI=1S/C12H30O4S3Si2/c1-5-13-11(14-6-2)20-9-17-19-18-10-21-12(15-7-3)16-8-4/h11-12H,5-10,20-21H2,1-4H3. The van der Waals surface area contributed by atoms with Gasteiger partial charge in [-0.2, -0.15) is 0 Å². The summed E-state index contributed by atoms with van der Waals surface area (Å²) in [5.41, 5.74) is 0. The number of hydrogen-bond donors (Lipinski definition) is 0. The minimum absolute atomic E-state index is 0.0905. The van der Waals surface area contributed by atoms with Gasteiger partial charge in [-0.15, -0.1) is 0 Å². The first-order valence-electron chi connectivity index (χ1n) is 7.65.